The van der Waals surface area contributed by atoms with E-state index in [0.29, 0.717) is 6.04 Å². The van der Waals surface area contributed by atoms with E-state index in [1.54, 1.807) is 0 Å². The molecular formula is C12H25N3. The zero-order valence-electron chi connectivity index (χ0n) is 10.4. The van der Waals surface area contributed by atoms with Crippen molar-refractivity contribution in [2.75, 3.05) is 13.1 Å². The molecule has 1 aliphatic carbocycles. The Labute approximate surface area is 93.7 Å². The van der Waals surface area contributed by atoms with Crippen LogP contribution in [0.3, 0.4) is 0 Å². The van der Waals surface area contributed by atoms with Gasteiger partial charge in [-0.05, 0) is 25.7 Å². The molecule has 0 aromatic rings. The molecule has 0 radical (unpaired) electrons. The minimum absolute atomic E-state index is 0.528. The van der Waals surface area contributed by atoms with Crippen molar-refractivity contribution in [1.29, 1.82) is 0 Å². The fourth-order valence-corrected chi connectivity index (χ4v) is 1.72. The van der Waals surface area contributed by atoms with Crippen molar-refractivity contribution in [3.63, 3.8) is 0 Å². The molecule has 1 saturated carbocycles. The molecule has 3 nitrogen and oxygen atoms in total. The standard InChI is InChI=1S/C12H25N3/c1-4-10(5-2)9-15(6-3)12(13)14-11-7-8-11/h10-11H,4-9H2,1-3H3,(H2,13,14). The molecule has 15 heavy (non-hydrogen) atoms. The summed E-state index contributed by atoms with van der Waals surface area (Å²) in [6.07, 6.45) is 4.90. The van der Waals surface area contributed by atoms with Crippen LogP contribution in [-0.4, -0.2) is 30.0 Å². The molecule has 0 saturated heterocycles. The summed E-state index contributed by atoms with van der Waals surface area (Å²) in [4.78, 5) is 6.72. The zero-order valence-corrected chi connectivity index (χ0v) is 10.4. The number of hydrogen-bond donors (Lipinski definition) is 1. The molecule has 0 heterocycles. The average Bonchev–Trinajstić information content (AvgIpc) is 3.03. The third-order valence-corrected chi connectivity index (χ3v) is 3.20. The topological polar surface area (TPSA) is 41.6 Å². The van der Waals surface area contributed by atoms with Crippen LogP contribution in [0, 0.1) is 5.92 Å². The largest absolute Gasteiger partial charge is 0.370 e. The van der Waals surface area contributed by atoms with Gasteiger partial charge in [-0.3, -0.25) is 0 Å². The van der Waals surface area contributed by atoms with E-state index in [1.807, 2.05) is 0 Å². The molecule has 0 aromatic carbocycles. The van der Waals surface area contributed by atoms with Crippen LogP contribution in [0.15, 0.2) is 4.99 Å². The van der Waals surface area contributed by atoms with Gasteiger partial charge in [0, 0.05) is 13.1 Å². The molecule has 0 unspecified atom stereocenters. The molecular weight excluding hydrogens is 186 g/mol. The Balaban J connectivity index is 2.45. The van der Waals surface area contributed by atoms with Gasteiger partial charge in [-0.2, -0.15) is 0 Å². The first-order chi connectivity index (χ1) is 7.21. The van der Waals surface area contributed by atoms with E-state index in [9.17, 15) is 0 Å². The van der Waals surface area contributed by atoms with Crippen LogP contribution in [-0.2, 0) is 0 Å². The highest BCUT2D eigenvalue weighted by molar-refractivity contribution is 5.78. The highest BCUT2D eigenvalue weighted by Gasteiger charge is 2.22. The van der Waals surface area contributed by atoms with Gasteiger partial charge in [0.2, 0.25) is 0 Å². The average molecular weight is 211 g/mol. The first-order valence-electron chi connectivity index (χ1n) is 6.29. The Hall–Kier alpha value is -0.730. The Kier molecular flexibility index (Phi) is 4.92. The number of rotatable bonds is 6. The van der Waals surface area contributed by atoms with Crippen LogP contribution in [0.2, 0.25) is 0 Å². The third kappa shape index (κ3) is 4.10. The summed E-state index contributed by atoms with van der Waals surface area (Å²) in [6.45, 7) is 8.67. The summed E-state index contributed by atoms with van der Waals surface area (Å²) in [5, 5.41) is 0. The van der Waals surface area contributed by atoms with Crippen LogP contribution >= 0.6 is 0 Å². The number of hydrogen-bond acceptors (Lipinski definition) is 1. The second-order valence-electron chi connectivity index (χ2n) is 4.44. The SMILES string of the molecule is CCC(CC)CN(CC)C(N)=NC1CC1. The van der Waals surface area contributed by atoms with Gasteiger partial charge in [0.1, 0.15) is 0 Å². The summed E-state index contributed by atoms with van der Waals surface area (Å²) in [5.74, 6) is 1.50. The van der Waals surface area contributed by atoms with E-state index in [2.05, 4.69) is 30.7 Å². The van der Waals surface area contributed by atoms with Gasteiger partial charge in [-0.1, -0.05) is 26.7 Å². The van der Waals surface area contributed by atoms with Gasteiger partial charge in [0.15, 0.2) is 5.96 Å². The summed E-state index contributed by atoms with van der Waals surface area (Å²) in [6, 6.07) is 0.528. The molecule has 0 aromatic heterocycles. The summed E-state index contributed by atoms with van der Waals surface area (Å²) in [5.41, 5.74) is 6.00. The predicted octanol–water partition coefficient (Wildman–Crippen LogP) is 2.22. The molecule has 1 fully saturated rings. The van der Waals surface area contributed by atoms with Crippen molar-refractivity contribution in [2.45, 2.75) is 52.5 Å². The molecule has 3 heteroatoms. The summed E-state index contributed by atoms with van der Waals surface area (Å²) in [7, 11) is 0. The lowest BCUT2D eigenvalue weighted by Crippen LogP contribution is -2.40. The normalized spacial score (nSPS) is 17.2. The smallest absolute Gasteiger partial charge is 0.191 e. The van der Waals surface area contributed by atoms with Crippen molar-refractivity contribution in [3.8, 4) is 0 Å². The van der Waals surface area contributed by atoms with Gasteiger partial charge < -0.3 is 10.6 Å². The second kappa shape index (κ2) is 5.99. The Morgan fingerprint density at radius 3 is 2.33 bits per heavy atom. The number of aliphatic imine (C=N–C) groups is 1. The predicted molar refractivity (Wildman–Crippen MR) is 66.0 cm³/mol. The van der Waals surface area contributed by atoms with Crippen molar-refractivity contribution >= 4 is 5.96 Å². The molecule has 0 aliphatic heterocycles. The molecule has 88 valence electrons. The first kappa shape index (κ1) is 12.3. The van der Waals surface area contributed by atoms with E-state index in [1.165, 1.54) is 25.7 Å². The lowest BCUT2D eigenvalue weighted by atomic mass is 10.0. The van der Waals surface area contributed by atoms with E-state index < -0.39 is 0 Å². The van der Waals surface area contributed by atoms with Gasteiger partial charge in [-0.15, -0.1) is 0 Å². The van der Waals surface area contributed by atoms with Gasteiger partial charge in [0.25, 0.3) is 0 Å². The fourth-order valence-electron chi connectivity index (χ4n) is 1.72. The second-order valence-corrected chi connectivity index (χ2v) is 4.44. The quantitative estimate of drug-likeness (QED) is 0.540. The van der Waals surface area contributed by atoms with Crippen LogP contribution < -0.4 is 5.73 Å². The van der Waals surface area contributed by atoms with Crippen molar-refractivity contribution < 1.29 is 0 Å². The Morgan fingerprint density at radius 2 is 1.93 bits per heavy atom. The van der Waals surface area contributed by atoms with Crippen LogP contribution in [0.25, 0.3) is 0 Å². The zero-order chi connectivity index (χ0) is 11.3. The molecule has 0 atom stereocenters. The molecule has 0 spiro atoms. The number of guanidine groups is 1. The molecule has 2 N–H and O–H groups in total. The minimum atomic E-state index is 0.528. The lowest BCUT2D eigenvalue weighted by Gasteiger charge is -2.26. The van der Waals surface area contributed by atoms with Crippen LogP contribution in [0.4, 0.5) is 0 Å². The third-order valence-electron chi connectivity index (χ3n) is 3.20. The van der Waals surface area contributed by atoms with Gasteiger partial charge in [-0.25, -0.2) is 4.99 Å². The Bertz CT molecular complexity index is 205. The van der Waals surface area contributed by atoms with Gasteiger partial charge in [0.05, 0.1) is 6.04 Å². The number of nitrogens with zero attached hydrogens (tertiary/aromatic N) is 2. The first-order valence-corrected chi connectivity index (χ1v) is 6.29. The maximum absolute atomic E-state index is 6.00. The fraction of sp³-hybridized carbons (Fsp3) is 0.917. The van der Waals surface area contributed by atoms with Crippen molar-refractivity contribution in [1.82, 2.24) is 4.90 Å². The summed E-state index contributed by atoms with van der Waals surface area (Å²) >= 11 is 0. The van der Waals surface area contributed by atoms with E-state index in [-0.39, 0.29) is 0 Å². The van der Waals surface area contributed by atoms with E-state index in [0.717, 1.165) is 25.0 Å². The maximum Gasteiger partial charge on any atom is 0.191 e. The maximum atomic E-state index is 6.00. The minimum Gasteiger partial charge on any atom is -0.370 e. The van der Waals surface area contributed by atoms with Crippen LogP contribution in [0.5, 0.6) is 0 Å². The molecule has 0 bridgehead atoms. The van der Waals surface area contributed by atoms with E-state index >= 15 is 0 Å². The van der Waals surface area contributed by atoms with Gasteiger partial charge >= 0.3 is 0 Å². The molecule has 1 aliphatic rings. The summed E-state index contributed by atoms with van der Waals surface area (Å²) < 4.78 is 0. The van der Waals surface area contributed by atoms with E-state index in [4.69, 9.17) is 5.73 Å². The van der Waals surface area contributed by atoms with Crippen molar-refractivity contribution in [3.05, 3.63) is 0 Å². The molecule has 1 rings (SSSR count). The highest BCUT2D eigenvalue weighted by Crippen LogP contribution is 2.23. The van der Waals surface area contributed by atoms with Crippen LogP contribution in [0.1, 0.15) is 46.5 Å². The number of nitrogens with two attached hydrogens (primary N) is 1. The monoisotopic (exact) mass is 211 g/mol. The lowest BCUT2D eigenvalue weighted by molar-refractivity contribution is 0.331. The van der Waals surface area contributed by atoms with Crippen molar-refractivity contribution in [2.24, 2.45) is 16.6 Å². The Morgan fingerprint density at radius 1 is 1.33 bits per heavy atom. The molecule has 0 amide bonds. The highest BCUT2D eigenvalue weighted by atomic mass is 15.3.